The monoisotopic (exact) mass is 428 g/mol. The fourth-order valence-corrected chi connectivity index (χ4v) is 6.43. The highest BCUT2D eigenvalue weighted by molar-refractivity contribution is 5.76. The predicted molar refractivity (Wildman–Crippen MR) is 117 cm³/mol. The maximum absolute atomic E-state index is 14.1. The van der Waals surface area contributed by atoms with Crippen molar-refractivity contribution in [3.05, 3.63) is 41.7 Å². The van der Waals surface area contributed by atoms with Gasteiger partial charge in [0.05, 0.1) is 17.7 Å². The van der Waals surface area contributed by atoms with Gasteiger partial charge in [-0.2, -0.15) is 0 Å². The van der Waals surface area contributed by atoms with Crippen LogP contribution in [0, 0.1) is 29.0 Å². The number of rotatable bonds is 3. The minimum atomic E-state index is -0.566. The van der Waals surface area contributed by atoms with Gasteiger partial charge in [0, 0.05) is 50.5 Å². The van der Waals surface area contributed by atoms with Crippen LogP contribution in [0.4, 0.5) is 10.1 Å². The molecule has 2 saturated heterocycles. The number of hydrogen-bond donors (Lipinski definition) is 1. The van der Waals surface area contributed by atoms with Crippen LogP contribution in [-0.4, -0.2) is 60.9 Å². The standard InChI is InChI=1S/C25H33FN2O3/c1-16-6-5-7-17-14-21-22(23(29)25(16,17)2)18(24(30)31-21)15-27-10-12-28(13-11-27)20-9-4-3-8-19(20)26/h3-4,7-9,16,18,21-23,29H,5-6,10-15H2,1-2H3/t16-,18+,21+,22+,23-,25+/m0/s1. The first kappa shape index (κ1) is 21.0. The molecule has 2 aliphatic heterocycles. The molecule has 31 heavy (non-hydrogen) atoms. The number of esters is 1. The Kier molecular flexibility index (Phi) is 5.33. The van der Waals surface area contributed by atoms with E-state index in [9.17, 15) is 14.3 Å². The fourth-order valence-electron chi connectivity index (χ4n) is 6.43. The van der Waals surface area contributed by atoms with Crippen molar-refractivity contribution in [2.45, 2.75) is 45.3 Å². The lowest BCUT2D eigenvalue weighted by atomic mass is 9.55. The Hall–Kier alpha value is -1.92. The number of benzene rings is 1. The Morgan fingerprint density at radius 1 is 1.23 bits per heavy atom. The quantitative estimate of drug-likeness (QED) is 0.592. The summed E-state index contributed by atoms with van der Waals surface area (Å²) in [6.45, 7) is 7.99. The molecular weight excluding hydrogens is 395 g/mol. The van der Waals surface area contributed by atoms with Gasteiger partial charge >= 0.3 is 5.97 Å². The molecule has 2 aliphatic carbocycles. The number of anilines is 1. The van der Waals surface area contributed by atoms with E-state index in [1.165, 1.54) is 11.6 Å². The Balaban J connectivity index is 1.28. The normalized spacial score (nSPS) is 38.3. The number of ether oxygens (including phenoxy) is 1. The van der Waals surface area contributed by atoms with Gasteiger partial charge in [0.1, 0.15) is 11.9 Å². The summed E-state index contributed by atoms with van der Waals surface area (Å²) >= 11 is 0. The number of piperazine rings is 1. The summed E-state index contributed by atoms with van der Waals surface area (Å²) in [6, 6.07) is 6.89. The van der Waals surface area contributed by atoms with Crippen molar-refractivity contribution in [1.82, 2.24) is 4.90 Å². The molecular formula is C25H33FN2O3. The highest BCUT2D eigenvalue weighted by Gasteiger charge is 2.59. The third-order valence-electron chi connectivity index (χ3n) is 8.59. The Bertz CT molecular complexity index is 881. The SMILES string of the molecule is C[C@H]1CCC=C2C[C@H]3OC(=O)[C@H](CN4CCN(c5ccccc5F)CC4)[C@H]3[C@H](O)[C@@]21C. The van der Waals surface area contributed by atoms with Gasteiger partial charge in [0.25, 0.3) is 0 Å². The molecule has 0 radical (unpaired) electrons. The second-order valence-electron chi connectivity index (χ2n) is 10.0. The molecule has 0 bridgehead atoms. The summed E-state index contributed by atoms with van der Waals surface area (Å²) in [5.41, 5.74) is 1.64. The van der Waals surface area contributed by atoms with E-state index in [1.807, 2.05) is 12.1 Å². The van der Waals surface area contributed by atoms with Crippen LogP contribution in [0.15, 0.2) is 35.9 Å². The second kappa shape index (κ2) is 7.89. The average Bonchev–Trinajstić information content (AvgIpc) is 3.06. The molecule has 0 unspecified atom stereocenters. The van der Waals surface area contributed by atoms with Crippen LogP contribution >= 0.6 is 0 Å². The Morgan fingerprint density at radius 3 is 2.71 bits per heavy atom. The van der Waals surface area contributed by atoms with E-state index in [0.717, 1.165) is 45.4 Å². The molecule has 4 aliphatic rings. The molecule has 1 aromatic rings. The van der Waals surface area contributed by atoms with Gasteiger partial charge in [-0.05, 0) is 30.9 Å². The first-order valence-corrected chi connectivity index (χ1v) is 11.7. The summed E-state index contributed by atoms with van der Waals surface area (Å²) in [4.78, 5) is 17.2. The molecule has 2 heterocycles. The number of nitrogens with zero attached hydrogens (tertiary/aromatic N) is 2. The van der Waals surface area contributed by atoms with Gasteiger partial charge in [-0.1, -0.05) is 37.6 Å². The highest BCUT2D eigenvalue weighted by Crippen LogP contribution is 2.56. The van der Waals surface area contributed by atoms with E-state index in [0.29, 0.717) is 18.2 Å². The molecule has 6 atom stereocenters. The van der Waals surface area contributed by atoms with E-state index in [2.05, 4.69) is 29.7 Å². The van der Waals surface area contributed by atoms with E-state index < -0.39 is 6.10 Å². The third-order valence-corrected chi connectivity index (χ3v) is 8.59. The van der Waals surface area contributed by atoms with Gasteiger partial charge in [-0.3, -0.25) is 9.69 Å². The van der Waals surface area contributed by atoms with Crippen LogP contribution in [0.2, 0.25) is 0 Å². The third kappa shape index (κ3) is 3.39. The zero-order chi connectivity index (χ0) is 21.8. The molecule has 6 heteroatoms. The summed E-state index contributed by atoms with van der Waals surface area (Å²) in [6.07, 6.45) is 4.36. The molecule has 0 spiro atoms. The number of carbonyl (C=O) groups is 1. The zero-order valence-electron chi connectivity index (χ0n) is 18.5. The van der Waals surface area contributed by atoms with Crippen molar-refractivity contribution < 1.29 is 19.0 Å². The van der Waals surface area contributed by atoms with Crippen LogP contribution in [0.25, 0.3) is 0 Å². The smallest absolute Gasteiger partial charge is 0.311 e. The van der Waals surface area contributed by atoms with Crippen LogP contribution in [0.1, 0.15) is 33.1 Å². The lowest BCUT2D eigenvalue weighted by Crippen LogP contribution is -2.55. The van der Waals surface area contributed by atoms with Crippen LogP contribution < -0.4 is 4.90 Å². The van der Waals surface area contributed by atoms with Crippen molar-refractivity contribution in [3.8, 4) is 0 Å². The lowest BCUT2D eigenvalue weighted by molar-refractivity contribution is -0.145. The first-order chi connectivity index (χ1) is 14.9. The van der Waals surface area contributed by atoms with Gasteiger partial charge in [0.2, 0.25) is 0 Å². The van der Waals surface area contributed by atoms with Crippen molar-refractivity contribution in [3.63, 3.8) is 0 Å². The number of fused-ring (bicyclic) bond motifs is 2. The Morgan fingerprint density at radius 2 is 1.97 bits per heavy atom. The molecule has 3 fully saturated rings. The molecule has 0 amide bonds. The number of halogens is 1. The van der Waals surface area contributed by atoms with Crippen LogP contribution in [-0.2, 0) is 9.53 Å². The number of carbonyl (C=O) groups excluding carboxylic acids is 1. The molecule has 168 valence electrons. The van der Waals surface area contributed by atoms with Gasteiger partial charge in [-0.15, -0.1) is 0 Å². The van der Waals surface area contributed by atoms with E-state index in [4.69, 9.17) is 4.74 Å². The summed E-state index contributed by atoms with van der Waals surface area (Å²) in [7, 11) is 0. The second-order valence-corrected chi connectivity index (χ2v) is 10.0. The number of aliphatic hydroxyl groups is 1. The minimum Gasteiger partial charge on any atom is -0.461 e. The van der Waals surface area contributed by atoms with Gasteiger partial charge in [0.15, 0.2) is 0 Å². The minimum absolute atomic E-state index is 0.153. The molecule has 1 N–H and O–H groups in total. The number of para-hydroxylation sites is 1. The maximum atomic E-state index is 14.1. The van der Waals surface area contributed by atoms with Gasteiger partial charge in [-0.25, -0.2) is 4.39 Å². The molecule has 5 nitrogen and oxygen atoms in total. The fraction of sp³-hybridized carbons (Fsp3) is 0.640. The van der Waals surface area contributed by atoms with E-state index >= 15 is 0 Å². The Labute approximate surface area is 183 Å². The zero-order valence-corrected chi connectivity index (χ0v) is 18.5. The average molecular weight is 429 g/mol. The van der Waals surface area contributed by atoms with Crippen LogP contribution in [0.3, 0.4) is 0 Å². The van der Waals surface area contributed by atoms with Crippen molar-refractivity contribution in [1.29, 1.82) is 0 Å². The van der Waals surface area contributed by atoms with Crippen molar-refractivity contribution in [2.24, 2.45) is 23.2 Å². The maximum Gasteiger partial charge on any atom is 0.311 e. The summed E-state index contributed by atoms with van der Waals surface area (Å²) < 4.78 is 19.9. The lowest BCUT2D eigenvalue weighted by Gasteiger charge is -2.52. The first-order valence-electron chi connectivity index (χ1n) is 11.7. The van der Waals surface area contributed by atoms with Crippen LogP contribution in [0.5, 0.6) is 0 Å². The molecule has 1 saturated carbocycles. The largest absolute Gasteiger partial charge is 0.461 e. The van der Waals surface area contributed by atoms with Crippen molar-refractivity contribution >= 4 is 11.7 Å². The number of aliphatic hydroxyl groups excluding tert-OH is 1. The molecule has 0 aromatic heterocycles. The molecule has 5 rings (SSSR count). The topological polar surface area (TPSA) is 53.0 Å². The number of hydrogen-bond acceptors (Lipinski definition) is 5. The number of allylic oxidation sites excluding steroid dienone is 1. The predicted octanol–water partition coefficient (Wildman–Crippen LogP) is 3.23. The van der Waals surface area contributed by atoms with E-state index in [-0.39, 0.29) is 35.1 Å². The summed E-state index contributed by atoms with van der Waals surface area (Å²) in [5.74, 6) is -0.417. The highest BCUT2D eigenvalue weighted by atomic mass is 19.1. The summed E-state index contributed by atoms with van der Waals surface area (Å²) in [5, 5.41) is 11.5. The molecule has 1 aromatic carbocycles. The van der Waals surface area contributed by atoms with Gasteiger partial charge < -0.3 is 14.7 Å². The van der Waals surface area contributed by atoms with E-state index in [1.54, 1.807) is 6.07 Å². The van der Waals surface area contributed by atoms with Crippen molar-refractivity contribution in [2.75, 3.05) is 37.6 Å².